The van der Waals surface area contributed by atoms with E-state index < -0.39 is 65.5 Å². The predicted molar refractivity (Wildman–Crippen MR) is 96.6 cm³/mol. The Labute approximate surface area is 167 Å². The minimum atomic E-state index is -5.60. The molecule has 0 bridgehead atoms. The van der Waals surface area contributed by atoms with Gasteiger partial charge in [-0.3, -0.25) is 14.3 Å². The molecule has 1 aromatic rings. The number of nitrogens with one attached hydrogen (secondary N) is 1. The van der Waals surface area contributed by atoms with Gasteiger partial charge in [0.25, 0.3) is 5.56 Å². The summed E-state index contributed by atoms with van der Waals surface area (Å²) in [6.07, 6.45) is -5.46. The lowest BCUT2D eigenvalue weighted by atomic mass is 10.1. The maximum absolute atomic E-state index is 11.9. The van der Waals surface area contributed by atoms with Crippen LogP contribution in [0.25, 0.3) is 0 Å². The molecule has 0 aromatic carbocycles. The number of aliphatic hydroxyl groups excluding tert-OH is 2. The van der Waals surface area contributed by atoms with Crippen molar-refractivity contribution in [3.8, 4) is 0 Å². The maximum atomic E-state index is 11.9. The van der Waals surface area contributed by atoms with Crippen LogP contribution in [0.3, 0.4) is 0 Å². The van der Waals surface area contributed by atoms with Gasteiger partial charge >= 0.3 is 21.3 Å². The molecule has 1 aliphatic heterocycles. The fraction of sp³-hybridized carbons (Fsp3) is 0.556. The number of hydrogen-bond donors (Lipinski definition) is 7. The SMILES string of the molecule is [B-]P(=O)(OC[C@H]1O[C@@H](n2ccc(=O)[nH]c2=O)[C@H](O)[C@@H]1O)OP(=O)(O)OP(=O)(O)O.[NH4+]. The molecule has 21 heteroatoms. The summed E-state index contributed by atoms with van der Waals surface area (Å²) in [5.41, 5.74) is -1.70. The topological polar surface area (TPSA) is 281 Å². The van der Waals surface area contributed by atoms with Crippen LogP contribution in [0, 0.1) is 0 Å². The standard InChI is InChI=1S/C9H14BN2O14P3.H3N/c10-27(17,25-29(21,22)26-28(18,19)20)23-3-4-6(14)7(15)8(24-4)12-2-1-5(13)11-9(12)16;/h1-2,4,6-8,14-15H,3H2,(H,21,22)(H,11,13,16)(H2,18,19,20);1H3/q-1;/p+1/t4-,6-,7-,8-,27?;/m1./s1. The third-order valence-electron chi connectivity index (χ3n) is 3.31. The van der Waals surface area contributed by atoms with E-state index in [1.807, 2.05) is 4.98 Å². The van der Waals surface area contributed by atoms with Crippen LogP contribution in [0.5, 0.6) is 0 Å². The Hall–Kier alpha value is -0.965. The van der Waals surface area contributed by atoms with Crippen molar-refractivity contribution in [2.45, 2.75) is 24.5 Å². The molecular weight excluding hydrogens is 478 g/mol. The van der Waals surface area contributed by atoms with E-state index in [4.69, 9.17) is 27.0 Å². The van der Waals surface area contributed by atoms with Crippen LogP contribution >= 0.6 is 23.1 Å². The first-order valence-electron chi connectivity index (χ1n) is 7.27. The molecule has 0 aliphatic carbocycles. The highest BCUT2D eigenvalue weighted by Crippen LogP contribution is 2.66. The lowest BCUT2D eigenvalue weighted by Crippen LogP contribution is -2.37. The number of aromatic amines is 1. The van der Waals surface area contributed by atoms with Gasteiger partial charge < -0.3 is 52.4 Å². The summed E-state index contributed by atoms with van der Waals surface area (Å²) in [4.78, 5) is 50.8. The van der Waals surface area contributed by atoms with Crippen molar-refractivity contribution in [3.63, 3.8) is 0 Å². The molecule has 0 spiro atoms. The number of ether oxygens (including phenoxy) is 1. The Bertz CT molecular complexity index is 1010. The van der Waals surface area contributed by atoms with E-state index in [0.29, 0.717) is 0 Å². The molecule has 3 radical (unpaired) electrons. The summed E-state index contributed by atoms with van der Waals surface area (Å²) in [7, 11) is -11.1. The molecule has 30 heavy (non-hydrogen) atoms. The van der Waals surface area contributed by atoms with Crippen LogP contribution in [0.2, 0.25) is 0 Å². The molecule has 1 aromatic heterocycles. The van der Waals surface area contributed by atoms with E-state index in [9.17, 15) is 33.5 Å². The third kappa shape index (κ3) is 7.32. The lowest BCUT2D eigenvalue weighted by Gasteiger charge is -2.29. The highest BCUT2D eigenvalue weighted by Gasteiger charge is 2.44. The Kier molecular flexibility index (Phi) is 8.72. The highest BCUT2D eigenvalue weighted by molar-refractivity contribution is 7.84. The third-order valence-corrected chi connectivity index (χ3v) is 7.23. The molecule has 1 saturated heterocycles. The van der Waals surface area contributed by atoms with Crippen LogP contribution in [0.15, 0.2) is 21.9 Å². The number of phosphoric acid groups is 2. The van der Waals surface area contributed by atoms with Gasteiger partial charge in [-0.05, 0) is 0 Å². The van der Waals surface area contributed by atoms with Gasteiger partial charge in [0.1, 0.15) is 18.3 Å². The summed E-state index contributed by atoms with van der Waals surface area (Å²) < 4.78 is 51.5. The highest BCUT2D eigenvalue weighted by atomic mass is 31.3. The molecule has 171 valence electrons. The van der Waals surface area contributed by atoms with Gasteiger partial charge in [0.05, 0.1) is 14.1 Å². The van der Waals surface area contributed by atoms with Gasteiger partial charge in [-0.15, -0.1) is 0 Å². The van der Waals surface area contributed by atoms with Gasteiger partial charge in [-0.2, -0.15) is 4.31 Å². The zero-order valence-electron chi connectivity index (χ0n) is 14.9. The zero-order chi connectivity index (χ0) is 22.2. The second-order valence-electron chi connectivity index (χ2n) is 5.52. The maximum Gasteiger partial charge on any atom is 0.485 e. The van der Waals surface area contributed by atoms with Gasteiger partial charge in [0, 0.05) is 12.3 Å². The Morgan fingerprint density at radius 1 is 1.13 bits per heavy atom. The van der Waals surface area contributed by atoms with Crippen molar-refractivity contribution < 1.29 is 56.5 Å². The van der Waals surface area contributed by atoms with Gasteiger partial charge in [-0.25, -0.2) is 18.2 Å². The summed E-state index contributed by atoms with van der Waals surface area (Å²) >= 11 is 0. The van der Waals surface area contributed by atoms with Crippen molar-refractivity contribution >= 4 is 30.7 Å². The Morgan fingerprint density at radius 3 is 2.27 bits per heavy atom. The van der Waals surface area contributed by atoms with Crippen LogP contribution in [-0.4, -0.2) is 66.9 Å². The van der Waals surface area contributed by atoms with Crippen molar-refractivity contribution in [2.75, 3.05) is 6.61 Å². The first-order chi connectivity index (χ1) is 13.1. The first kappa shape index (κ1) is 27.1. The number of aliphatic hydroxyl groups is 2. The van der Waals surface area contributed by atoms with Gasteiger partial charge in [0.15, 0.2) is 6.23 Å². The fourth-order valence-corrected chi connectivity index (χ4v) is 5.38. The van der Waals surface area contributed by atoms with Crippen LogP contribution < -0.4 is 17.4 Å². The van der Waals surface area contributed by atoms with Crippen molar-refractivity contribution in [3.05, 3.63) is 33.1 Å². The Morgan fingerprint density at radius 2 is 1.73 bits per heavy atom. The zero-order valence-corrected chi connectivity index (χ0v) is 17.6. The second kappa shape index (κ2) is 9.67. The monoisotopic (exact) mass is 496 g/mol. The van der Waals surface area contributed by atoms with E-state index in [1.54, 1.807) is 0 Å². The number of aromatic nitrogens is 2. The minimum Gasteiger partial charge on any atom is -0.443 e. The molecule has 17 nitrogen and oxygen atoms in total. The van der Waals surface area contributed by atoms with Crippen LogP contribution in [0.4, 0.5) is 0 Å². The van der Waals surface area contributed by atoms with Crippen molar-refractivity contribution in [2.24, 2.45) is 0 Å². The summed E-state index contributed by atoms with van der Waals surface area (Å²) in [6, 6.07) is 0.940. The van der Waals surface area contributed by atoms with E-state index >= 15 is 0 Å². The largest absolute Gasteiger partial charge is 0.485 e. The number of H-pyrrole nitrogens is 1. The molecule has 0 amide bonds. The quantitative estimate of drug-likeness (QED) is 0.152. The molecule has 2 unspecified atom stereocenters. The molecule has 2 heterocycles. The number of hydrogen-bond acceptors (Lipinski definition) is 11. The smallest absolute Gasteiger partial charge is 0.443 e. The number of nitrogens with zero attached hydrogens (tertiary/aromatic N) is 1. The number of rotatable bonds is 8. The van der Waals surface area contributed by atoms with Gasteiger partial charge in [0.2, 0.25) is 0 Å². The van der Waals surface area contributed by atoms with E-state index in [-0.39, 0.29) is 6.15 Å². The van der Waals surface area contributed by atoms with Crippen LogP contribution in [0.1, 0.15) is 6.23 Å². The Balaban J connectivity index is 0.00000450. The van der Waals surface area contributed by atoms with Gasteiger partial charge in [-0.1, -0.05) is 0 Å². The molecule has 2 rings (SSSR count). The molecular formula is C9H18BN3O14P3. The normalized spacial score (nSPS) is 28.3. The van der Waals surface area contributed by atoms with E-state index in [0.717, 1.165) is 16.8 Å². The predicted octanol–water partition coefficient (Wildman–Crippen LogP) is -1.95. The van der Waals surface area contributed by atoms with Crippen LogP contribution in [-0.2, 0) is 31.6 Å². The summed E-state index contributed by atoms with van der Waals surface area (Å²) in [5, 5.41) is 20.0. The van der Waals surface area contributed by atoms with Crippen molar-refractivity contribution in [1.29, 1.82) is 0 Å². The molecule has 0 saturated carbocycles. The first-order valence-corrected chi connectivity index (χ1v) is 11.9. The lowest BCUT2D eigenvalue weighted by molar-refractivity contribution is -0.0520. The average Bonchev–Trinajstić information content (AvgIpc) is 2.78. The molecule has 6 atom stereocenters. The van der Waals surface area contributed by atoms with Crippen molar-refractivity contribution in [1.82, 2.24) is 15.7 Å². The summed E-state index contributed by atoms with van der Waals surface area (Å²) in [5.74, 6) is 0. The molecule has 1 fully saturated rings. The molecule has 1 aliphatic rings. The number of quaternary nitrogens is 1. The fourth-order valence-electron chi connectivity index (χ4n) is 2.22. The molecule has 10 N–H and O–H groups in total. The van der Waals surface area contributed by atoms with E-state index in [2.05, 4.69) is 13.1 Å². The summed E-state index contributed by atoms with van der Waals surface area (Å²) in [6.45, 7) is -0.920. The second-order valence-corrected chi connectivity index (χ2v) is 10.1. The average molecular weight is 496 g/mol. The minimum absolute atomic E-state index is 0. The van der Waals surface area contributed by atoms with E-state index in [1.165, 1.54) is 0 Å².